The number of hydrazone groups is 1. The van der Waals surface area contributed by atoms with E-state index >= 15 is 0 Å². The molecular weight excluding hydrogens is 567 g/mol. The van der Waals surface area contributed by atoms with Crippen molar-refractivity contribution in [3.63, 3.8) is 0 Å². The minimum absolute atomic E-state index is 0.420. The van der Waals surface area contributed by atoms with Gasteiger partial charge in [-0.15, -0.1) is 0 Å². The van der Waals surface area contributed by atoms with Gasteiger partial charge in [-0.2, -0.15) is 5.10 Å². The highest BCUT2D eigenvalue weighted by atomic mass is 79.9. The third-order valence-corrected chi connectivity index (χ3v) is 6.08. The van der Waals surface area contributed by atoms with E-state index in [0.29, 0.717) is 41.3 Å². The van der Waals surface area contributed by atoms with E-state index in [-0.39, 0.29) is 0 Å². The van der Waals surface area contributed by atoms with E-state index in [1.165, 1.54) is 0 Å². The minimum Gasteiger partial charge on any atom is -0.490 e. The van der Waals surface area contributed by atoms with Gasteiger partial charge in [0.1, 0.15) is 6.61 Å². The minimum atomic E-state index is 0.420. The molecule has 162 valence electrons. The fourth-order valence-corrected chi connectivity index (χ4v) is 4.12. The zero-order chi connectivity index (χ0) is 22.2. The number of hydrogen-bond donors (Lipinski definition) is 1. The molecule has 0 aliphatic rings. The summed E-state index contributed by atoms with van der Waals surface area (Å²) in [6.07, 6.45) is 1.70. The van der Waals surface area contributed by atoms with Gasteiger partial charge in [-0.1, -0.05) is 57.3 Å². The van der Waals surface area contributed by atoms with Gasteiger partial charge in [0, 0.05) is 20.1 Å². The van der Waals surface area contributed by atoms with E-state index in [0.717, 1.165) is 25.6 Å². The van der Waals surface area contributed by atoms with E-state index in [4.69, 9.17) is 32.7 Å². The van der Waals surface area contributed by atoms with Crippen LogP contribution < -0.4 is 14.9 Å². The molecule has 0 radical (unpaired) electrons. The topological polar surface area (TPSA) is 42.8 Å². The van der Waals surface area contributed by atoms with Crippen molar-refractivity contribution in [3.8, 4) is 11.5 Å². The maximum atomic E-state index is 6.19. The molecule has 4 nitrogen and oxygen atoms in total. The molecule has 0 bridgehead atoms. The summed E-state index contributed by atoms with van der Waals surface area (Å²) in [5.41, 5.74) is 5.69. The van der Waals surface area contributed by atoms with Crippen LogP contribution in [0.1, 0.15) is 23.6 Å². The predicted molar refractivity (Wildman–Crippen MR) is 135 cm³/mol. The van der Waals surface area contributed by atoms with Crippen LogP contribution in [-0.4, -0.2) is 12.8 Å². The van der Waals surface area contributed by atoms with Crippen LogP contribution in [0.2, 0.25) is 10.0 Å². The molecule has 0 atom stereocenters. The molecule has 0 heterocycles. The number of rotatable bonds is 9. The third kappa shape index (κ3) is 6.88. The van der Waals surface area contributed by atoms with Crippen LogP contribution in [0.3, 0.4) is 0 Å². The summed E-state index contributed by atoms with van der Waals surface area (Å²) < 4.78 is 13.6. The molecule has 0 aliphatic carbocycles. The Hall–Kier alpha value is -1.73. The average molecular weight is 587 g/mol. The van der Waals surface area contributed by atoms with Gasteiger partial charge in [0.05, 0.1) is 23.8 Å². The van der Waals surface area contributed by atoms with Crippen LogP contribution in [0.25, 0.3) is 0 Å². The second kappa shape index (κ2) is 11.8. The normalized spacial score (nSPS) is 11.0. The van der Waals surface area contributed by atoms with Crippen molar-refractivity contribution >= 4 is 61.3 Å². The lowest BCUT2D eigenvalue weighted by Crippen LogP contribution is -2.07. The van der Waals surface area contributed by atoms with Crippen LogP contribution in [0.4, 0.5) is 0 Å². The molecule has 0 aliphatic heterocycles. The highest BCUT2D eigenvalue weighted by molar-refractivity contribution is 9.10. The summed E-state index contributed by atoms with van der Waals surface area (Å²) in [4.78, 5) is 0. The molecule has 0 saturated carbocycles. The van der Waals surface area contributed by atoms with E-state index in [2.05, 4.69) is 42.4 Å². The SMILES string of the molecule is CCOc1cc(/C=N\NCc2c(Cl)cccc2Cl)cc(Br)c1OCc1ccc(Br)cc1. The van der Waals surface area contributed by atoms with E-state index in [1.54, 1.807) is 18.3 Å². The smallest absolute Gasteiger partial charge is 0.175 e. The Balaban J connectivity index is 1.70. The molecule has 0 fully saturated rings. The third-order valence-electron chi connectivity index (χ3n) is 4.25. The van der Waals surface area contributed by atoms with Crippen molar-refractivity contribution in [2.24, 2.45) is 5.10 Å². The average Bonchev–Trinajstić information content (AvgIpc) is 2.74. The lowest BCUT2D eigenvalue weighted by molar-refractivity contribution is 0.267. The maximum absolute atomic E-state index is 6.19. The van der Waals surface area contributed by atoms with Gasteiger partial charge < -0.3 is 14.9 Å². The standard InChI is InChI=1S/C23H20Br2Cl2N2O2/c1-2-30-22-11-16(12-28-29-13-18-20(26)4-3-5-21(18)27)10-19(25)23(22)31-14-15-6-8-17(24)9-7-15/h3-12,29H,2,13-14H2,1H3/b28-12-. The van der Waals surface area contributed by atoms with Gasteiger partial charge in [-0.25, -0.2) is 0 Å². The first-order valence-electron chi connectivity index (χ1n) is 9.50. The summed E-state index contributed by atoms with van der Waals surface area (Å²) in [6, 6.07) is 17.2. The molecule has 0 unspecified atom stereocenters. The lowest BCUT2D eigenvalue weighted by atomic mass is 10.2. The quantitative estimate of drug-likeness (QED) is 0.207. The van der Waals surface area contributed by atoms with E-state index in [1.807, 2.05) is 49.4 Å². The number of nitrogens with zero attached hydrogens (tertiary/aromatic N) is 1. The van der Waals surface area contributed by atoms with Crippen LogP contribution in [0, 0.1) is 0 Å². The highest BCUT2D eigenvalue weighted by Gasteiger charge is 2.12. The highest BCUT2D eigenvalue weighted by Crippen LogP contribution is 2.37. The van der Waals surface area contributed by atoms with E-state index < -0.39 is 0 Å². The molecule has 3 rings (SSSR count). The van der Waals surface area contributed by atoms with Crippen LogP contribution >= 0.6 is 55.1 Å². The largest absolute Gasteiger partial charge is 0.490 e. The first-order chi connectivity index (χ1) is 15.0. The Morgan fingerprint density at radius 1 is 1.00 bits per heavy atom. The van der Waals surface area contributed by atoms with Crippen molar-refractivity contribution < 1.29 is 9.47 Å². The van der Waals surface area contributed by atoms with Crippen LogP contribution in [0.15, 0.2) is 68.6 Å². The fraction of sp³-hybridized carbons (Fsp3) is 0.174. The zero-order valence-electron chi connectivity index (χ0n) is 16.7. The Labute approximate surface area is 208 Å². The fourth-order valence-electron chi connectivity index (χ4n) is 2.75. The number of ether oxygens (including phenoxy) is 2. The van der Waals surface area contributed by atoms with Gasteiger partial charge in [0.2, 0.25) is 0 Å². The van der Waals surface area contributed by atoms with Gasteiger partial charge in [0.15, 0.2) is 11.5 Å². The lowest BCUT2D eigenvalue weighted by Gasteiger charge is -2.15. The molecule has 0 saturated heterocycles. The number of hydrogen-bond acceptors (Lipinski definition) is 4. The van der Waals surface area contributed by atoms with Gasteiger partial charge in [-0.3, -0.25) is 0 Å². The molecule has 31 heavy (non-hydrogen) atoms. The van der Waals surface area contributed by atoms with Gasteiger partial charge in [0.25, 0.3) is 0 Å². The van der Waals surface area contributed by atoms with Gasteiger partial charge in [-0.05, 0) is 70.4 Å². The zero-order valence-corrected chi connectivity index (χ0v) is 21.4. The number of halogens is 4. The second-order valence-electron chi connectivity index (χ2n) is 6.47. The number of nitrogens with one attached hydrogen (secondary N) is 1. The summed E-state index contributed by atoms with van der Waals surface area (Å²) in [7, 11) is 0. The molecule has 8 heteroatoms. The maximum Gasteiger partial charge on any atom is 0.175 e. The first kappa shape index (κ1) is 23.9. The van der Waals surface area contributed by atoms with Crippen molar-refractivity contribution in [1.29, 1.82) is 0 Å². The van der Waals surface area contributed by atoms with Crippen molar-refractivity contribution in [2.45, 2.75) is 20.1 Å². The summed E-state index contributed by atoms with van der Waals surface area (Å²) in [5, 5.41) is 5.48. The van der Waals surface area contributed by atoms with Crippen molar-refractivity contribution in [1.82, 2.24) is 5.43 Å². The first-order valence-corrected chi connectivity index (χ1v) is 11.8. The summed E-state index contributed by atoms with van der Waals surface area (Å²) >= 11 is 19.4. The van der Waals surface area contributed by atoms with Crippen molar-refractivity contribution in [2.75, 3.05) is 6.61 Å². The monoisotopic (exact) mass is 584 g/mol. The Kier molecular flexibility index (Phi) is 9.08. The number of benzene rings is 3. The predicted octanol–water partition coefficient (Wildman–Crippen LogP) is 7.62. The molecule has 3 aromatic rings. The summed E-state index contributed by atoms with van der Waals surface area (Å²) in [5.74, 6) is 1.29. The second-order valence-corrected chi connectivity index (χ2v) is 9.06. The summed E-state index contributed by atoms with van der Waals surface area (Å²) in [6.45, 7) is 3.30. The molecule has 3 aromatic carbocycles. The Morgan fingerprint density at radius 3 is 2.39 bits per heavy atom. The Morgan fingerprint density at radius 2 is 1.71 bits per heavy atom. The molecule has 0 aromatic heterocycles. The van der Waals surface area contributed by atoms with Crippen LogP contribution in [0.5, 0.6) is 11.5 Å². The van der Waals surface area contributed by atoms with Crippen molar-refractivity contribution in [3.05, 3.63) is 90.3 Å². The molecule has 1 N–H and O–H groups in total. The molecule has 0 spiro atoms. The Bertz CT molecular complexity index is 1040. The van der Waals surface area contributed by atoms with Crippen LogP contribution in [-0.2, 0) is 13.2 Å². The molecule has 0 amide bonds. The van der Waals surface area contributed by atoms with Gasteiger partial charge >= 0.3 is 0 Å². The molecular formula is C23H20Br2Cl2N2O2. The van der Waals surface area contributed by atoms with E-state index in [9.17, 15) is 0 Å².